The molecule has 0 aliphatic heterocycles. The minimum Gasteiger partial charge on any atom is -0.394 e. The maximum atomic E-state index is 9.57. The summed E-state index contributed by atoms with van der Waals surface area (Å²) >= 11 is 2.89. The molecule has 0 fully saturated rings. The second-order valence-corrected chi connectivity index (χ2v) is 5.95. The fourth-order valence-electron chi connectivity index (χ4n) is 0.968. The summed E-state index contributed by atoms with van der Waals surface area (Å²) in [6, 6.07) is 0. The average Bonchev–Trinajstić information content (AvgIpc) is 2.33. The predicted molar refractivity (Wildman–Crippen MR) is 71.5 cm³/mol. The van der Waals surface area contributed by atoms with Crippen molar-refractivity contribution >= 4 is 23.5 Å². The van der Waals surface area contributed by atoms with E-state index in [1.807, 2.05) is 0 Å². The van der Waals surface area contributed by atoms with E-state index < -0.39 is 18.3 Å². The minimum absolute atomic E-state index is 0.232. The van der Waals surface area contributed by atoms with Gasteiger partial charge in [0.2, 0.25) is 0 Å². The second-order valence-electron chi connectivity index (χ2n) is 3.73. The van der Waals surface area contributed by atoms with E-state index in [-0.39, 0.29) is 13.2 Å². The van der Waals surface area contributed by atoms with Crippen LogP contribution in [0, 0.1) is 0 Å². The third kappa shape index (κ3) is 11.3. The van der Waals surface area contributed by atoms with Crippen LogP contribution in [0.1, 0.15) is 6.42 Å². The van der Waals surface area contributed by atoms with Gasteiger partial charge in [-0.1, -0.05) is 0 Å². The first-order valence-electron chi connectivity index (χ1n) is 5.51. The van der Waals surface area contributed by atoms with Gasteiger partial charge in [-0.2, -0.15) is 23.5 Å². The first-order valence-corrected chi connectivity index (χ1v) is 7.82. The Morgan fingerprint density at radius 1 is 0.706 bits per heavy atom. The first kappa shape index (κ1) is 17.5. The lowest BCUT2D eigenvalue weighted by atomic mass is 10.3. The number of aliphatic hydroxyl groups excluding tert-OH is 5. The highest BCUT2D eigenvalue weighted by Gasteiger charge is 2.08. The van der Waals surface area contributed by atoms with Crippen molar-refractivity contribution in [3.63, 3.8) is 0 Å². The Kier molecular flexibility index (Phi) is 11.9. The average molecular weight is 286 g/mol. The van der Waals surface area contributed by atoms with Crippen molar-refractivity contribution in [1.82, 2.24) is 0 Å². The molecule has 7 heteroatoms. The SMILES string of the molecule is OCC(O)CSCCC(O)CSCC(O)CO. The van der Waals surface area contributed by atoms with E-state index in [0.29, 0.717) is 23.7 Å². The molecule has 17 heavy (non-hydrogen) atoms. The molecule has 0 spiro atoms. The maximum Gasteiger partial charge on any atom is 0.0861 e. The number of rotatable bonds is 11. The number of hydrogen-bond donors (Lipinski definition) is 5. The van der Waals surface area contributed by atoms with Crippen molar-refractivity contribution in [1.29, 1.82) is 0 Å². The highest BCUT2D eigenvalue weighted by atomic mass is 32.2. The molecule has 0 radical (unpaired) electrons. The molecule has 0 aromatic heterocycles. The standard InChI is InChI=1S/C10H22O5S2/c11-3-9(14)6-16-2-1-8(13)5-17-7-10(15)4-12/h8-15H,1-7H2. The number of aliphatic hydroxyl groups is 5. The molecule has 3 unspecified atom stereocenters. The lowest BCUT2D eigenvalue weighted by molar-refractivity contribution is 0.113. The van der Waals surface area contributed by atoms with E-state index >= 15 is 0 Å². The summed E-state index contributed by atoms with van der Waals surface area (Å²) in [7, 11) is 0. The van der Waals surface area contributed by atoms with Crippen molar-refractivity contribution in [3.05, 3.63) is 0 Å². The minimum atomic E-state index is -0.721. The van der Waals surface area contributed by atoms with Crippen LogP contribution in [0.25, 0.3) is 0 Å². The van der Waals surface area contributed by atoms with Gasteiger partial charge in [-0.3, -0.25) is 0 Å². The number of hydrogen-bond acceptors (Lipinski definition) is 7. The summed E-state index contributed by atoms with van der Waals surface area (Å²) in [5.41, 5.74) is 0. The Morgan fingerprint density at radius 2 is 1.18 bits per heavy atom. The van der Waals surface area contributed by atoms with Crippen molar-refractivity contribution in [3.8, 4) is 0 Å². The van der Waals surface area contributed by atoms with Gasteiger partial charge < -0.3 is 25.5 Å². The van der Waals surface area contributed by atoms with Gasteiger partial charge in [0, 0.05) is 17.3 Å². The molecule has 3 atom stereocenters. The lowest BCUT2D eigenvalue weighted by Crippen LogP contribution is -2.19. The van der Waals surface area contributed by atoms with Crippen molar-refractivity contribution in [2.45, 2.75) is 24.7 Å². The highest BCUT2D eigenvalue weighted by molar-refractivity contribution is 7.99. The van der Waals surface area contributed by atoms with Crippen LogP contribution in [-0.4, -0.2) is 80.1 Å². The molecular weight excluding hydrogens is 264 g/mol. The molecular formula is C10H22O5S2. The summed E-state index contributed by atoms with van der Waals surface area (Å²) in [5.74, 6) is 2.14. The molecule has 0 amide bonds. The van der Waals surface area contributed by atoms with Crippen LogP contribution in [0.2, 0.25) is 0 Å². The molecule has 0 bridgehead atoms. The molecule has 5 N–H and O–H groups in total. The molecule has 0 rings (SSSR count). The van der Waals surface area contributed by atoms with E-state index in [2.05, 4.69) is 0 Å². The Hall–Kier alpha value is 0.500. The molecule has 104 valence electrons. The molecule has 5 nitrogen and oxygen atoms in total. The van der Waals surface area contributed by atoms with E-state index in [0.717, 1.165) is 5.75 Å². The van der Waals surface area contributed by atoms with Crippen LogP contribution in [0.4, 0.5) is 0 Å². The largest absolute Gasteiger partial charge is 0.394 e. The molecule has 0 aliphatic carbocycles. The van der Waals surface area contributed by atoms with E-state index in [4.69, 9.17) is 20.4 Å². The topological polar surface area (TPSA) is 101 Å². The molecule has 0 saturated carbocycles. The molecule has 0 aromatic rings. The maximum absolute atomic E-state index is 9.57. The normalized spacial score (nSPS) is 16.8. The van der Waals surface area contributed by atoms with Crippen LogP contribution < -0.4 is 0 Å². The smallest absolute Gasteiger partial charge is 0.0861 e. The van der Waals surface area contributed by atoms with Crippen molar-refractivity contribution in [2.75, 3.05) is 36.2 Å². The molecule has 0 saturated heterocycles. The third-order valence-electron chi connectivity index (χ3n) is 1.95. The van der Waals surface area contributed by atoms with Crippen LogP contribution in [0.5, 0.6) is 0 Å². The summed E-state index contributed by atoms with van der Waals surface area (Å²) in [4.78, 5) is 0. The highest BCUT2D eigenvalue weighted by Crippen LogP contribution is 2.11. The quantitative estimate of drug-likeness (QED) is 0.308. The first-order chi connectivity index (χ1) is 8.10. The third-order valence-corrected chi connectivity index (χ3v) is 4.33. The van der Waals surface area contributed by atoms with Crippen molar-refractivity contribution in [2.24, 2.45) is 0 Å². The summed E-state index contributed by atoms with van der Waals surface area (Å²) in [5, 5.41) is 44.8. The summed E-state index contributed by atoms with van der Waals surface area (Å²) < 4.78 is 0. The Balaban J connectivity index is 3.31. The van der Waals surface area contributed by atoms with Gasteiger partial charge in [0.05, 0.1) is 31.5 Å². The zero-order valence-electron chi connectivity index (χ0n) is 9.73. The van der Waals surface area contributed by atoms with Crippen molar-refractivity contribution < 1.29 is 25.5 Å². The van der Waals surface area contributed by atoms with E-state index in [1.165, 1.54) is 23.5 Å². The van der Waals surface area contributed by atoms with Crippen LogP contribution in [-0.2, 0) is 0 Å². The Bertz CT molecular complexity index is 173. The second kappa shape index (κ2) is 11.6. The van der Waals surface area contributed by atoms with Crippen LogP contribution in [0.15, 0.2) is 0 Å². The Morgan fingerprint density at radius 3 is 1.71 bits per heavy atom. The fourth-order valence-corrected chi connectivity index (χ4v) is 2.90. The zero-order chi connectivity index (χ0) is 13.1. The summed E-state index contributed by atoms with van der Waals surface area (Å²) in [6.07, 6.45) is -1.23. The van der Waals surface area contributed by atoms with Gasteiger partial charge in [-0.05, 0) is 12.2 Å². The molecule has 0 heterocycles. The monoisotopic (exact) mass is 286 g/mol. The van der Waals surface area contributed by atoms with Gasteiger partial charge in [-0.25, -0.2) is 0 Å². The van der Waals surface area contributed by atoms with Gasteiger partial charge in [0.15, 0.2) is 0 Å². The zero-order valence-corrected chi connectivity index (χ0v) is 11.4. The lowest BCUT2D eigenvalue weighted by Gasteiger charge is -2.12. The fraction of sp³-hybridized carbons (Fsp3) is 1.00. The van der Waals surface area contributed by atoms with E-state index in [1.54, 1.807) is 0 Å². The Labute approximate surface area is 110 Å². The molecule has 0 aromatic carbocycles. The van der Waals surface area contributed by atoms with Crippen LogP contribution in [0.3, 0.4) is 0 Å². The van der Waals surface area contributed by atoms with E-state index in [9.17, 15) is 5.11 Å². The number of thioether (sulfide) groups is 2. The summed E-state index contributed by atoms with van der Waals surface area (Å²) in [6.45, 7) is -0.484. The molecule has 0 aliphatic rings. The van der Waals surface area contributed by atoms with Gasteiger partial charge in [0.1, 0.15) is 0 Å². The van der Waals surface area contributed by atoms with Gasteiger partial charge >= 0.3 is 0 Å². The van der Waals surface area contributed by atoms with Crippen LogP contribution >= 0.6 is 23.5 Å². The predicted octanol–water partition coefficient (Wildman–Crippen LogP) is -1.09. The van der Waals surface area contributed by atoms with Gasteiger partial charge in [-0.15, -0.1) is 0 Å². The van der Waals surface area contributed by atoms with Gasteiger partial charge in [0.25, 0.3) is 0 Å².